The van der Waals surface area contributed by atoms with Gasteiger partial charge in [-0.15, -0.1) is 0 Å². The molecule has 5 nitrogen and oxygen atoms in total. The molecule has 0 saturated carbocycles. The summed E-state index contributed by atoms with van der Waals surface area (Å²) in [6.45, 7) is 3.70. The molecule has 1 atom stereocenters. The molecule has 106 valence electrons. The zero-order chi connectivity index (χ0) is 13.9. The largest absolute Gasteiger partial charge is 0.497 e. The predicted molar refractivity (Wildman–Crippen MR) is 77.4 cm³/mol. The van der Waals surface area contributed by atoms with Crippen molar-refractivity contribution in [3.05, 3.63) is 48.0 Å². The fourth-order valence-electron chi connectivity index (χ4n) is 2.64. The van der Waals surface area contributed by atoms with Crippen molar-refractivity contribution in [2.45, 2.75) is 19.1 Å². The van der Waals surface area contributed by atoms with Gasteiger partial charge in [0.1, 0.15) is 11.6 Å². The fourth-order valence-corrected chi connectivity index (χ4v) is 2.64. The Morgan fingerprint density at radius 2 is 2.30 bits per heavy atom. The Hall–Kier alpha value is -1.85. The third-order valence-electron chi connectivity index (χ3n) is 3.80. The summed E-state index contributed by atoms with van der Waals surface area (Å²) in [5.41, 5.74) is 7.43. The standard InChI is InChI=1S/C15H20N4O/c1-20-13-4-2-3-12(9-13)14(16)10-18-7-8-19-6-5-17-15(19)11-18/h2-6,9,14H,7-8,10-11,16H2,1H3. The molecular weight excluding hydrogens is 252 g/mol. The Morgan fingerprint density at radius 3 is 3.15 bits per heavy atom. The van der Waals surface area contributed by atoms with Gasteiger partial charge in [0.15, 0.2) is 0 Å². The van der Waals surface area contributed by atoms with Gasteiger partial charge in [-0.05, 0) is 17.7 Å². The van der Waals surface area contributed by atoms with Crippen LogP contribution < -0.4 is 10.5 Å². The van der Waals surface area contributed by atoms with E-state index in [2.05, 4.69) is 20.5 Å². The molecule has 1 aliphatic heterocycles. The summed E-state index contributed by atoms with van der Waals surface area (Å²) in [6, 6.07) is 7.98. The van der Waals surface area contributed by atoms with E-state index in [0.717, 1.165) is 43.3 Å². The molecule has 20 heavy (non-hydrogen) atoms. The number of aromatic nitrogens is 2. The van der Waals surface area contributed by atoms with Crippen LogP contribution >= 0.6 is 0 Å². The third kappa shape index (κ3) is 2.69. The molecule has 0 radical (unpaired) electrons. The second-order valence-corrected chi connectivity index (χ2v) is 5.16. The lowest BCUT2D eigenvalue weighted by Gasteiger charge is -2.29. The summed E-state index contributed by atoms with van der Waals surface area (Å²) in [5, 5.41) is 0. The van der Waals surface area contributed by atoms with Gasteiger partial charge >= 0.3 is 0 Å². The highest BCUT2D eigenvalue weighted by Gasteiger charge is 2.19. The smallest absolute Gasteiger partial charge is 0.122 e. The van der Waals surface area contributed by atoms with Gasteiger partial charge in [-0.1, -0.05) is 12.1 Å². The van der Waals surface area contributed by atoms with Crippen molar-refractivity contribution in [3.8, 4) is 5.75 Å². The zero-order valence-electron chi connectivity index (χ0n) is 11.7. The van der Waals surface area contributed by atoms with Crippen LogP contribution in [0.5, 0.6) is 5.75 Å². The molecule has 3 rings (SSSR count). The molecule has 2 N–H and O–H groups in total. The van der Waals surface area contributed by atoms with Crippen LogP contribution in [0.1, 0.15) is 17.4 Å². The first-order valence-electron chi connectivity index (χ1n) is 6.88. The lowest BCUT2D eigenvalue weighted by molar-refractivity contribution is 0.205. The number of hydrogen-bond acceptors (Lipinski definition) is 4. The van der Waals surface area contributed by atoms with Gasteiger partial charge in [-0.25, -0.2) is 4.98 Å². The molecule has 2 heterocycles. The van der Waals surface area contributed by atoms with Gasteiger partial charge in [-0.3, -0.25) is 4.90 Å². The molecule has 2 aromatic rings. The molecule has 0 bridgehead atoms. The van der Waals surface area contributed by atoms with Gasteiger partial charge in [0, 0.05) is 38.1 Å². The van der Waals surface area contributed by atoms with Crippen molar-refractivity contribution in [2.24, 2.45) is 5.73 Å². The minimum atomic E-state index is -0.00777. The van der Waals surface area contributed by atoms with E-state index in [1.165, 1.54) is 0 Å². The first-order valence-corrected chi connectivity index (χ1v) is 6.88. The van der Waals surface area contributed by atoms with Crippen LogP contribution in [0.15, 0.2) is 36.7 Å². The number of methoxy groups -OCH3 is 1. The van der Waals surface area contributed by atoms with Crippen molar-refractivity contribution in [1.82, 2.24) is 14.5 Å². The highest BCUT2D eigenvalue weighted by atomic mass is 16.5. The van der Waals surface area contributed by atoms with Gasteiger partial charge in [0.05, 0.1) is 13.7 Å². The summed E-state index contributed by atoms with van der Waals surface area (Å²) in [5.74, 6) is 1.97. The van der Waals surface area contributed by atoms with E-state index in [4.69, 9.17) is 10.5 Å². The van der Waals surface area contributed by atoms with E-state index in [0.29, 0.717) is 0 Å². The van der Waals surface area contributed by atoms with Crippen molar-refractivity contribution in [1.29, 1.82) is 0 Å². The minimum Gasteiger partial charge on any atom is -0.497 e. The molecule has 1 unspecified atom stereocenters. The van der Waals surface area contributed by atoms with E-state index < -0.39 is 0 Å². The summed E-state index contributed by atoms with van der Waals surface area (Å²) in [7, 11) is 1.68. The quantitative estimate of drug-likeness (QED) is 0.914. The van der Waals surface area contributed by atoms with Crippen molar-refractivity contribution >= 4 is 0 Å². The van der Waals surface area contributed by atoms with E-state index in [9.17, 15) is 0 Å². The lowest BCUT2D eigenvalue weighted by Crippen LogP contribution is -2.38. The Bertz CT molecular complexity index is 581. The third-order valence-corrected chi connectivity index (χ3v) is 3.80. The average Bonchev–Trinajstić information content (AvgIpc) is 2.95. The first kappa shape index (κ1) is 13.1. The highest BCUT2D eigenvalue weighted by Crippen LogP contribution is 2.20. The topological polar surface area (TPSA) is 56.3 Å². The number of hydrogen-bond donors (Lipinski definition) is 1. The van der Waals surface area contributed by atoms with Gasteiger partial charge in [0.25, 0.3) is 0 Å². The van der Waals surface area contributed by atoms with Crippen LogP contribution in [0.2, 0.25) is 0 Å². The molecule has 0 saturated heterocycles. The number of rotatable bonds is 4. The van der Waals surface area contributed by atoms with Crippen LogP contribution in [-0.4, -0.2) is 34.7 Å². The maximum atomic E-state index is 6.32. The van der Waals surface area contributed by atoms with E-state index in [-0.39, 0.29) is 6.04 Å². The van der Waals surface area contributed by atoms with Crippen LogP contribution in [0.25, 0.3) is 0 Å². The molecular formula is C15H20N4O. The van der Waals surface area contributed by atoms with Crippen LogP contribution in [-0.2, 0) is 13.1 Å². The molecule has 1 aliphatic rings. The second kappa shape index (κ2) is 5.64. The summed E-state index contributed by atoms with van der Waals surface area (Å²) < 4.78 is 7.45. The molecule has 1 aromatic carbocycles. The predicted octanol–water partition coefficient (Wildman–Crippen LogP) is 1.41. The number of nitrogens with zero attached hydrogens (tertiary/aromatic N) is 3. The Morgan fingerprint density at radius 1 is 1.40 bits per heavy atom. The number of nitrogens with two attached hydrogens (primary N) is 1. The normalized spacial score (nSPS) is 16.7. The maximum absolute atomic E-state index is 6.32. The minimum absolute atomic E-state index is 0.00777. The van der Waals surface area contributed by atoms with E-state index in [1.54, 1.807) is 7.11 Å². The zero-order valence-corrected chi connectivity index (χ0v) is 11.7. The monoisotopic (exact) mass is 272 g/mol. The van der Waals surface area contributed by atoms with Gasteiger partial charge in [-0.2, -0.15) is 0 Å². The van der Waals surface area contributed by atoms with Crippen molar-refractivity contribution in [3.63, 3.8) is 0 Å². The maximum Gasteiger partial charge on any atom is 0.122 e. The molecule has 0 spiro atoms. The summed E-state index contributed by atoms with van der Waals surface area (Å²) >= 11 is 0. The number of ether oxygens (including phenoxy) is 1. The van der Waals surface area contributed by atoms with Gasteiger partial charge < -0.3 is 15.0 Å². The molecule has 1 aromatic heterocycles. The van der Waals surface area contributed by atoms with Crippen molar-refractivity contribution in [2.75, 3.05) is 20.2 Å². The Labute approximate surface area is 119 Å². The summed E-state index contributed by atoms with van der Waals surface area (Å²) in [4.78, 5) is 6.73. The van der Waals surface area contributed by atoms with E-state index >= 15 is 0 Å². The van der Waals surface area contributed by atoms with Crippen LogP contribution in [0.3, 0.4) is 0 Å². The molecule has 0 aliphatic carbocycles. The number of imidazole rings is 1. The average molecular weight is 272 g/mol. The second-order valence-electron chi connectivity index (χ2n) is 5.16. The Balaban J connectivity index is 1.66. The van der Waals surface area contributed by atoms with Crippen LogP contribution in [0.4, 0.5) is 0 Å². The first-order chi connectivity index (χ1) is 9.76. The SMILES string of the molecule is COc1cccc(C(N)CN2CCn3ccnc3C2)c1. The summed E-state index contributed by atoms with van der Waals surface area (Å²) in [6.07, 6.45) is 3.90. The lowest BCUT2D eigenvalue weighted by atomic mass is 10.1. The molecule has 5 heteroatoms. The molecule has 0 fully saturated rings. The number of benzene rings is 1. The van der Waals surface area contributed by atoms with Crippen LogP contribution in [0, 0.1) is 0 Å². The van der Waals surface area contributed by atoms with E-state index in [1.807, 2.05) is 30.6 Å². The van der Waals surface area contributed by atoms with Gasteiger partial charge in [0.2, 0.25) is 0 Å². The fraction of sp³-hybridized carbons (Fsp3) is 0.400. The van der Waals surface area contributed by atoms with Crippen molar-refractivity contribution < 1.29 is 4.74 Å². The Kier molecular flexibility index (Phi) is 3.71. The molecule has 0 amide bonds. The number of fused-ring (bicyclic) bond motifs is 1. The highest BCUT2D eigenvalue weighted by molar-refractivity contribution is 5.30.